The second-order valence-electron chi connectivity index (χ2n) is 4.25. The van der Waals surface area contributed by atoms with Gasteiger partial charge < -0.3 is 14.8 Å². The summed E-state index contributed by atoms with van der Waals surface area (Å²) in [6.45, 7) is 2.10. The lowest BCUT2D eigenvalue weighted by Gasteiger charge is -2.13. The molecule has 0 aliphatic carbocycles. The zero-order valence-corrected chi connectivity index (χ0v) is 12.3. The molecule has 1 N–H and O–H groups in total. The first-order chi connectivity index (χ1) is 10.6. The van der Waals surface area contributed by atoms with Crippen LogP contribution in [0.25, 0.3) is 0 Å². The van der Waals surface area contributed by atoms with Gasteiger partial charge in [0.15, 0.2) is 17.7 Å². The number of alkyl halides is 1. The number of nitrogens with one attached hydrogen (secondary N) is 1. The average Bonchev–Trinajstić information content (AvgIpc) is 2.52. The molecule has 0 aliphatic heterocycles. The Bertz CT molecular complexity index is 590. The zero-order valence-electron chi connectivity index (χ0n) is 12.3. The van der Waals surface area contributed by atoms with Gasteiger partial charge in [-0.25, -0.2) is 4.39 Å². The molecule has 0 spiro atoms. The molecule has 1 rings (SSSR count). The maximum atomic E-state index is 13.8. The summed E-state index contributed by atoms with van der Waals surface area (Å²) in [6.07, 6.45) is 3.28. The highest BCUT2D eigenvalue weighted by molar-refractivity contribution is 5.81. The highest BCUT2D eigenvalue weighted by Gasteiger charge is 2.18. The van der Waals surface area contributed by atoms with Crippen LogP contribution in [0.1, 0.15) is 12.5 Å². The Morgan fingerprint density at radius 2 is 2.23 bits per heavy atom. The molecule has 22 heavy (non-hydrogen) atoms. The molecular formula is C16H17FN2O3. The van der Waals surface area contributed by atoms with Gasteiger partial charge >= 0.3 is 0 Å². The van der Waals surface area contributed by atoms with Crippen molar-refractivity contribution >= 4 is 5.91 Å². The Balaban J connectivity index is 2.79. The van der Waals surface area contributed by atoms with Gasteiger partial charge in [-0.15, -0.1) is 6.42 Å². The number of amides is 1. The van der Waals surface area contributed by atoms with E-state index < -0.39 is 12.1 Å². The molecular weight excluding hydrogens is 287 g/mol. The lowest BCUT2D eigenvalue weighted by Crippen LogP contribution is -2.33. The summed E-state index contributed by atoms with van der Waals surface area (Å²) >= 11 is 0. The first kappa shape index (κ1) is 17.3. The highest BCUT2D eigenvalue weighted by atomic mass is 19.1. The van der Waals surface area contributed by atoms with E-state index in [2.05, 4.69) is 11.2 Å². The molecule has 1 aromatic rings. The first-order valence-corrected chi connectivity index (χ1v) is 6.73. The van der Waals surface area contributed by atoms with Crippen LogP contribution in [-0.4, -0.2) is 31.8 Å². The molecule has 0 saturated heterocycles. The summed E-state index contributed by atoms with van der Waals surface area (Å²) in [7, 11) is 0. The van der Waals surface area contributed by atoms with Crippen LogP contribution in [0.4, 0.5) is 4.39 Å². The van der Waals surface area contributed by atoms with Crippen molar-refractivity contribution in [2.45, 2.75) is 19.5 Å². The Hall–Kier alpha value is -2.73. The largest absolute Gasteiger partial charge is 0.490 e. The standard InChI is InChI=1S/C16H17FN2O3/c1-3-9-22-14-6-5-12(11-15(14)21-4-2)10-13(17)16(20)19-8-7-18/h1,5-6,11,13H,4,8-10H2,2H3,(H,19,20). The second kappa shape index (κ2) is 9.25. The number of carbonyl (C=O) groups is 1. The van der Waals surface area contributed by atoms with E-state index in [0.29, 0.717) is 23.7 Å². The van der Waals surface area contributed by atoms with E-state index in [1.54, 1.807) is 24.3 Å². The molecule has 1 amide bonds. The molecule has 0 aromatic heterocycles. The van der Waals surface area contributed by atoms with Crippen LogP contribution in [-0.2, 0) is 11.2 Å². The number of nitriles is 1. The van der Waals surface area contributed by atoms with Gasteiger partial charge in [0.2, 0.25) is 0 Å². The zero-order chi connectivity index (χ0) is 16.4. The predicted molar refractivity (Wildman–Crippen MR) is 79.2 cm³/mol. The molecule has 5 nitrogen and oxygen atoms in total. The maximum absolute atomic E-state index is 13.8. The van der Waals surface area contributed by atoms with E-state index in [-0.39, 0.29) is 19.6 Å². The minimum absolute atomic E-state index is 0.0989. The van der Waals surface area contributed by atoms with Crippen molar-refractivity contribution in [3.63, 3.8) is 0 Å². The number of ether oxygens (including phenoxy) is 2. The van der Waals surface area contributed by atoms with Crippen molar-refractivity contribution in [2.24, 2.45) is 0 Å². The van der Waals surface area contributed by atoms with Crippen molar-refractivity contribution in [3.8, 4) is 29.9 Å². The second-order valence-corrected chi connectivity index (χ2v) is 4.25. The molecule has 1 aromatic carbocycles. The quantitative estimate of drug-likeness (QED) is 0.585. The van der Waals surface area contributed by atoms with Crippen molar-refractivity contribution in [1.29, 1.82) is 5.26 Å². The van der Waals surface area contributed by atoms with Crippen LogP contribution in [0.5, 0.6) is 11.5 Å². The third-order valence-electron chi connectivity index (χ3n) is 2.66. The number of hydrogen-bond acceptors (Lipinski definition) is 4. The Kier molecular flexibility index (Phi) is 7.28. The van der Waals surface area contributed by atoms with E-state index >= 15 is 0 Å². The number of benzene rings is 1. The Labute approximate surface area is 129 Å². The van der Waals surface area contributed by atoms with Gasteiger partial charge in [-0.05, 0) is 24.6 Å². The van der Waals surface area contributed by atoms with Gasteiger partial charge in [0.05, 0.1) is 12.7 Å². The summed E-state index contributed by atoms with van der Waals surface area (Å²) in [6, 6.07) is 6.59. The smallest absolute Gasteiger partial charge is 0.255 e. The monoisotopic (exact) mass is 304 g/mol. The number of hydrogen-bond donors (Lipinski definition) is 1. The summed E-state index contributed by atoms with van der Waals surface area (Å²) < 4.78 is 24.6. The maximum Gasteiger partial charge on any atom is 0.255 e. The van der Waals surface area contributed by atoms with Crippen LogP contribution < -0.4 is 14.8 Å². The van der Waals surface area contributed by atoms with Crippen molar-refractivity contribution < 1.29 is 18.7 Å². The predicted octanol–water partition coefficient (Wildman–Crippen LogP) is 1.62. The molecule has 1 unspecified atom stereocenters. The molecule has 0 saturated carbocycles. The molecule has 0 fully saturated rings. The van der Waals surface area contributed by atoms with E-state index in [1.165, 1.54) is 0 Å². The van der Waals surface area contributed by atoms with Gasteiger partial charge in [0.1, 0.15) is 13.2 Å². The number of nitrogens with zero attached hydrogens (tertiary/aromatic N) is 1. The van der Waals surface area contributed by atoms with Crippen molar-refractivity contribution in [3.05, 3.63) is 23.8 Å². The average molecular weight is 304 g/mol. The van der Waals surface area contributed by atoms with E-state index in [0.717, 1.165) is 0 Å². The van der Waals surface area contributed by atoms with Crippen LogP contribution in [0.3, 0.4) is 0 Å². The van der Waals surface area contributed by atoms with Gasteiger partial charge in [-0.1, -0.05) is 12.0 Å². The topological polar surface area (TPSA) is 71.3 Å². The van der Waals surface area contributed by atoms with Gasteiger partial charge in [-0.3, -0.25) is 4.79 Å². The number of halogens is 1. The normalized spacial score (nSPS) is 10.9. The van der Waals surface area contributed by atoms with Crippen LogP contribution in [0.15, 0.2) is 18.2 Å². The Morgan fingerprint density at radius 3 is 2.86 bits per heavy atom. The molecule has 0 radical (unpaired) electrons. The van der Waals surface area contributed by atoms with E-state index in [9.17, 15) is 9.18 Å². The van der Waals surface area contributed by atoms with Gasteiger partial charge in [0, 0.05) is 6.42 Å². The van der Waals surface area contributed by atoms with Crippen LogP contribution >= 0.6 is 0 Å². The number of carbonyl (C=O) groups excluding carboxylic acids is 1. The lowest BCUT2D eigenvalue weighted by atomic mass is 10.1. The van der Waals surface area contributed by atoms with E-state index in [1.807, 2.05) is 6.92 Å². The third kappa shape index (κ3) is 5.34. The van der Waals surface area contributed by atoms with Crippen LogP contribution in [0, 0.1) is 23.7 Å². The molecule has 0 bridgehead atoms. The number of terminal acetylenes is 1. The highest BCUT2D eigenvalue weighted by Crippen LogP contribution is 2.29. The SMILES string of the molecule is C#CCOc1ccc(CC(F)C(=O)NCC#N)cc1OCC. The summed E-state index contributed by atoms with van der Waals surface area (Å²) in [5.74, 6) is 2.45. The van der Waals surface area contributed by atoms with Crippen LogP contribution in [0.2, 0.25) is 0 Å². The fraction of sp³-hybridized carbons (Fsp3) is 0.375. The van der Waals surface area contributed by atoms with Gasteiger partial charge in [-0.2, -0.15) is 5.26 Å². The summed E-state index contributed by atoms with van der Waals surface area (Å²) in [5.41, 5.74) is 0.580. The lowest BCUT2D eigenvalue weighted by molar-refractivity contribution is -0.125. The molecule has 116 valence electrons. The third-order valence-corrected chi connectivity index (χ3v) is 2.66. The molecule has 0 aliphatic rings. The fourth-order valence-electron chi connectivity index (χ4n) is 1.72. The minimum atomic E-state index is -1.74. The molecule has 1 atom stereocenters. The minimum Gasteiger partial charge on any atom is -0.490 e. The fourth-order valence-corrected chi connectivity index (χ4v) is 1.72. The first-order valence-electron chi connectivity index (χ1n) is 6.73. The summed E-state index contributed by atoms with van der Waals surface area (Å²) in [5, 5.41) is 10.5. The molecule has 6 heteroatoms. The van der Waals surface area contributed by atoms with Gasteiger partial charge in [0.25, 0.3) is 5.91 Å². The van der Waals surface area contributed by atoms with E-state index in [4.69, 9.17) is 21.2 Å². The van der Waals surface area contributed by atoms with Crippen molar-refractivity contribution in [1.82, 2.24) is 5.32 Å². The Morgan fingerprint density at radius 1 is 1.45 bits per heavy atom. The summed E-state index contributed by atoms with van der Waals surface area (Å²) in [4.78, 5) is 11.4. The van der Waals surface area contributed by atoms with Crippen molar-refractivity contribution in [2.75, 3.05) is 19.8 Å². The number of rotatable bonds is 8. The molecule has 0 heterocycles.